The van der Waals surface area contributed by atoms with E-state index in [2.05, 4.69) is 15.2 Å². The molecule has 1 aromatic rings. The molecule has 0 saturated heterocycles. The van der Waals surface area contributed by atoms with E-state index in [0.717, 1.165) is 0 Å². The SMILES string of the molecule is Cc1nn(C)c(NCCOCC(F)(F)F)c1C(=O)O. The summed E-state index contributed by atoms with van der Waals surface area (Å²) in [5.74, 6) is -0.912. The van der Waals surface area contributed by atoms with Gasteiger partial charge in [-0.3, -0.25) is 4.68 Å². The highest BCUT2D eigenvalue weighted by Gasteiger charge is 2.27. The summed E-state index contributed by atoms with van der Waals surface area (Å²) in [6.07, 6.45) is -4.37. The zero-order valence-electron chi connectivity index (χ0n) is 10.4. The molecule has 1 heterocycles. The third kappa shape index (κ3) is 4.43. The van der Waals surface area contributed by atoms with Crippen LogP contribution in [0.25, 0.3) is 0 Å². The van der Waals surface area contributed by atoms with Crippen molar-refractivity contribution in [3.05, 3.63) is 11.3 Å². The number of nitrogens with zero attached hydrogens (tertiary/aromatic N) is 2. The van der Waals surface area contributed by atoms with Crippen LogP contribution in [0.15, 0.2) is 0 Å². The van der Waals surface area contributed by atoms with Crippen LogP contribution < -0.4 is 5.32 Å². The zero-order valence-corrected chi connectivity index (χ0v) is 10.4. The summed E-state index contributed by atoms with van der Waals surface area (Å²) >= 11 is 0. The van der Waals surface area contributed by atoms with Crippen LogP contribution in [0.4, 0.5) is 19.0 Å². The summed E-state index contributed by atoms with van der Waals surface area (Å²) < 4.78 is 41.1. The van der Waals surface area contributed by atoms with Crippen LogP contribution >= 0.6 is 0 Å². The van der Waals surface area contributed by atoms with E-state index >= 15 is 0 Å². The molecule has 0 aliphatic rings. The average Bonchev–Trinajstić information content (AvgIpc) is 2.51. The van der Waals surface area contributed by atoms with Crippen LogP contribution in [-0.4, -0.2) is 46.8 Å². The molecule has 108 valence electrons. The first-order chi connectivity index (χ1) is 8.72. The maximum Gasteiger partial charge on any atom is 0.411 e. The molecule has 9 heteroatoms. The number of hydrogen-bond acceptors (Lipinski definition) is 4. The van der Waals surface area contributed by atoms with Crippen molar-refractivity contribution in [2.45, 2.75) is 13.1 Å². The zero-order chi connectivity index (χ0) is 14.6. The molecule has 0 radical (unpaired) electrons. The molecular formula is C10H14F3N3O3. The number of aryl methyl sites for hydroxylation is 2. The van der Waals surface area contributed by atoms with Crippen molar-refractivity contribution in [2.75, 3.05) is 25.1 Å². The van der Waals surface area contributed by atoms with E-state index in [4.69, 9.17) is 5.11 Å². The van der Waals surface area contributed by atoms with Crippen molar-refractivity contribution in [3.63, 3.8) is 0 Å². The second kappa shape index (κ2) is 5.91. The number of alkyl halides is 3. The van der Waals surface area contributed by atoms with E-state index in [9.17, 15) is 18.0 Å². The first-order valence-electron chi connectivity index (χ1n) is 5.37. The molecule has 6 nitrogen and oxygen atoms in total. The van der Waals surface area contributed by atoms with E-state index in [1.807, 2.05) is 0 Å². The van der Waals surface area contributed by atoms with Crippen LogP contribution in [0.3, 0.4) is 0 Å². The molecule has 0 saturated carbocycles. The van der Waals surface area contributed by atoms with Gasteiger partial charge < -0.3 is 15.2 Å². The van der Waals surface area contributed by atoms with Gasteiger partial charge in [-0.2, -0.15) is 18.3 Å². The maximum absolute atomic E-state index is 11.8. The fraction of sp³-hybridized carbons (Fsp3) is 0.600. The molecule has 1 rings (SSSR count). The molecule has 0 unspecified atom stereocenters. The number of rotatable bonds is 6. The molecule has 19 heavy (non-hydrogen) atoms. The average molecular weight is 281 g/mol. The third-order valence-corrected chi connectivity index (χ3v) is 2.24. The number of hydrogen-bond donors (Lipinski definition) is 2. The Morgan fingerprint density at radius 3 is 2.68 bits per heavy atom. The maximum atomic E-state index is 11.8. The minimum atomic E-state index is -4.37. The summed E-state index contributed by atoms with van der Waals surface area (Å²) in [6, 6.07) is 0. The highest BCUT2D eigenvalue weighted by molar-refractivity contribution is 5.94. The molecule has 0 aliphatic heterocycles. The molecule has 0 atom stereocenters. The van der Waals surface area contributed by atoms with Gasteiger partial charge in [0.25, 0.3) is 0 Å². The summed E-state index contributed by atoms with van der Waals surface area (Å²) in [5, 5.41) is 15.6. The second-order valence-electron chi connectivity index (χ2n) is 3.83. The Bertz CT molecular complexity index is 457. The number of aromatic carboxylic acids is 1. The Morgan fingerprint density at radius 1 is 1.53 bits per heavy atom. The normalized spacial score (nSPS) is 11.6. The highest BCUT2D eigenvalue weighted by Crippen LogP contribution is 2.18. The number of carboxylic acids is 1. The molecule has 0 spiro atoms. The molecule has 0 fully saturated rings. The molecule has 0 aliphatic carbocycles. The molecule has 0 bridgehead atoms. The van der Waals surface area contributed by atoms with Crippen molar-refractivity contribution in [1.82, 2.24) is 9.78 Å². The van der Waals surface area contributed by atoms with Gasteiger partial charge in [0.05, 0.1) is 12.3 Å². The lowest BCUT2D eigenvalue weighted by atomic mass is 10.2. The molecule has 2 N–H and O–H groups in total. The van der Waals surface area contributed by atoms with Crippen LogP contribution in [0, 0.1) is 6.92 Å². The predicted octanol–water partition coefficient (Wildman–Crippen LogP) is 1.42. The van der Waals surface area contributed by atoms with Crippen LogP contribution in [0.5, 0.6) is 0 Å². The predicted molar refractivity (Wildman–Crippen MR) is 60.3 cm³/mol. The fourth-order valence-corrected chi connectivity index (χ4v) is 1.55. The van der Waals surface area contributed by atoms with E-state index in [0.29, 0.717) is 5.69 Å². The van der Waals surface area contributed by atoms with Gasteiger partial charge in [-0.25, -0.2) is 4.79 Å². The highest BCUT2D eigenvalue weighted by atomic mass is 19.4. The first kappa shape index (κ1) is 15.3. The quantitative estimate of drug-likeness (QED) is 0.771. The van der Waals surface area contributed by atoms with Gasteiger partial charge in [0, 0.05) is 13.6 Å². The Hall–Kier alpha value is -1.77. The Labute approximate surface area is 107 Å². The van der Waals surface area contributed by atoms with E-state index in [1.165, 1.54) is 11.6 Å². The van der Waals surface area contributed by atoms with Crippen LogP contribution in [-0.2, 0) is 11.8 Å². The fourth-order valence-electron chi connectivity index (χ4n) is 1.55. The van der Waals surface area contributed by atoms with Crippen molar-refractivity contribution in [3.8, 4) is 0 Å². The van der Waals surface area contributed by atoms with E-state index in [-0.39, 0.29) is 24.5 Å². The van der Waals surface area contributed by atoms with Gasteiger partial charge >= 0.3 is 12.1 Å². The summed E-state index contributed by atoms with van der Waals surface area (Å²) in [7, 11) is 1.54. The summed E-state index contributed by atoms with van der Waals surface area (Å²) in [6.45, 7) is 0.0673. The largest absolute Gasteiger partial charge is 0.477 e. The van der Waals surface area contributed by atoms with Crippen LogP contribution in [0.1, 0.15) is 16.1 Å². The van der Waals surface area contributed by atoms with Gasteiger partial charge in [0.2, 0.25) is 0 Å². The monoisotopic (exact) mass is 281 g/mol. The van der Waals surface area contributed by atoms with Crippen molar-refractivity contribution >= 4 is 11.8 Å². The van der Waals surface area contributed by atoms with E-state index in [1.54, 1.807) is 7.05 Å². The minimum Gasteiger partial charge on any atom is -0.477 e. The number of ether oxygens (including phenoxy) is 1. The second-order valence-corrected chi connectivity index (χ2v) is 3.83. The Kier molecular flexibility index (Phi) is 4.76. The lowest BCUT2D eigenvalue weighted by Crippen LogP contribution is -2.21. The Morgan fingerprint density at radius 2 is 2.16 bits per heavy atom. The number of nitrogens with one attached hydrogen (secondary N) is 1. The minimum absolute atomic E-state index is 0.00155. The topological polar surface area (TPSA) is 76.4 Å². The number of carboxylic acid groups (broad SMARTS) is 1. The lowest BCUT2D eigenvalue weighted by molar-refractivity contribution is -0.172. The van der Waals surface area contributed by atoms with Gasteiger partial charge in [-0.1, -0.05) is 0 Å². The smallest absolute Gasteiger partial charge is 0.411 e. The van der Waals surface area contributed by atoms with Gasteiger partial charge in [0.1, 0.15) is 18.0 Å². The lowest BCUT2D eigenvalue weighted by Gasteiger charge is -2.10. The van der Waals surface area contributed by atoms with E-state index < -0.39 is 18.8 Å². The van der Waals surface area contributed by atoms with Crippen molar-refractivity contribution < 1.29 is 27.8 Å². The van der Waals surface area contributed by atoms with Crippen molar-refractivity contribution in [1.29, 1.82) is 0 Å². The summed E-state index contributed by atoms with van der Waals surface area (Å²) in [4.78, 5) is 11.0. The van der Waals surface area contributed by atoms with Crippen molar-refractivity contribution in [2.24, 2.45) is 7.05 Å². The molecule has 0 amide bonds. The third-order valence-electron chi connectivity index (χ3n) is 2.24. The number of aromatic nitrogens is 2. The Balaban J connectivity index is 2.52. The first-order valence-corrected chi connectivity index (χ1v) is 5.37. The van der Waals surface area contributed by atoms with Gasteiger partial charge in [0.15, 0.2) is 0 Å². The molecule has 0 aromatic carbocycles. The van der Waals surface area contributed by atoms with Gasteiger partial charge in [-0.05, 0) is 6.92 Å². The number of anilines is 1. The number of carbonyl (C=O) groups is 1. The molecular weight excluding hydrogens is 267 g/mol. The standard InChI is InChI=1S/C10H14F3N3O3/c1-6-7(9(17)18)8(16(2)15-6)14-3-4-19-5-10(11,12)13/h14H,3-5H2,1-2H3,(H,17,18). The summed E-state index contributed by atoms with van der Waals surface area (Å²) in [5.41, 5.74) is 0.326. The van der Waals surface area contributed by atoms with Crippen LogP contribution in [0.2, 0.25) is 0 Å². The number of halogens is 3. The van der Waals surface area contributed by atoms with Gasteiger partial charge in [-0.15, -0.1) is 0 Å². The molecule has 1 aromatic heterocycles.